The molecule has 0 radical (unpaired) electrons. The van der Waals surface area contributed by atoms with Gasteiger partial charge in [0.05, 0.1) is 5.56 Å². The zero-order valence-electron chi connectivity index (χ0n) is 15.0. The highest BCUT2D eigenvalue weighted by Crippen LogP contribution is 2.55. The molecular weight excluding hydrogens is 362 g/mol. The molecule has 4 N–H and O–H groups in total. The van der Waals surface area contributed by atoms with Crippen LogP contribution in [0.3, 0.4) is 0 Å². The predicted molar refractivity (Wildman–Crippen MR) is 97.2 cm³/mol. The lowest BCUT2D eigenvalue weighted by molar-refractivity contribution is -0.136. The number of carboxylic acid groups (broad SMARTS) is 1. The molecule has 28 heavy (non-hydrogen) atoms. The molecule has 0 bridgehead atoms. The molecule has 4 rings (SSSR count). The van der Waals surface area contributed by atoms with Crippen molar-refractivity contribution in [2.75, 3.05) is 11.4 Å². The van der Waals surface area contributed by atoms with E-state index >= 15 is 0 Å². The molecule has 0 fully saturated rings. The number of carbonyl (C=O) groups excluding carboxylic acids is 1. The SMILES string of the molecule is CCCc1[nH]nc2c1C1(C(=O)N(CC(=O)O)c3ccccc31)C(C#N)=C(N)O2. The third-order valence-corrected chi connectivity index (χ3v) is 5.08. The van der Waals surface area contributed by atoms with Crippen LogP contribution in [0.25, 0.3) is 0 Å². The van der Waals surface area contributed by atoms with Crippen LogP contribution in [0.2, 0.25) is 0 Å². The lowest BCUT2D eigenvalue weighted by Gasteiger charge is -2.32. The van der Waals surface area contributed by atoms with Gasteiger partial charge in [-0.1, -0.05) is 31.5 Å². The van der Waals surface area contributed by atoms with E-state index in [1.165, 1.54) is 4.90 Å². The minimum Gasteiger partial charge on any atom is -0.480 e. The smallest absolute Gasteiger partial charge is 0.323 e. The maximum atomic E-state index is 13.7. The van der Waals surface area contributed by atoms with E-state index in [9.17, 15) is 20.0 Å². The fourth-order valence-corrected chi connectivity index (χ4v) is 4.08. The zero-order valence-corrected chi connectivity index (χ0v) is 15.0. The lowest BCUT2D eigenvalue weighted by Crippen LogP contribution is -2.47. The van der Waals surface area contributed by atoms with Crippen LogP contribution in [0, 0.1) is 11.3 Å². The van der Waals surface area contributed by atoms with Crippen molar-refractivity contribution in [3.63, 3.8) is 0 Å². The van der Waals surface area contributed by atoms with Crippen molar-refractivity contribution >= 4 is 17.6 Å². The number of H-pyrrole nitrogens is 1. The molecule has 2 aromatic rings. The van der Waals surface area contributed by atoms with Crippen LogP contribution in [0.1, 0.15) is 30.2 Å². The first-order valence-corrected chi connectivity index (χ1v) is 8.75. The van der Waals surface area contributed by atoms with Gasteiger partial charge in [0.2, 0.25) is 17.7 Å². The molecule has 142 valence electrons. The highest BCUT2D eigenvalue weighted by atomic mass is 16.5. The van der Waals surface area contributed by atoms with Crippen LogP contribution in [0.15, 0.2) is 35.7 Å². The van der Waals surface area contributed by atoms with Gasteiger partial charge < -0.3 is 15.6 Å². The molecule has 0 saturated carbocycles. The number of benzene rings is 1. The van der Waals surface area contributed by atoms with E-state index in [1.807, 2.05) is 13.0 Å². The average Bonchev–Trinajstić information content (AvgIpc) is 3.16. The number of fused-ring (bicyclic) bond motifs is 4. The Balaban J connectivity index is 2.10. The Hall–Kier alpha value is -3.80. The number of hydrogen-bond acceptors (Lipinski definition) is 6. The van der Waals surface area contributed by atoms with E-state index in [0.717, 1.165) is 6.42 Å². The summed E-state index contributed by atoms with van der Waals surface area (Å²) in [5, 5.41) is 26.3. The van der Waals surface area contributed by atoms with Gasteiger partial charge in [0.25, 0.3) is 0 Å². The minimum atomic E-state index is -1.59. The van der Waals surface area contributed by atoms with Gasteiger partial charge in [-0.2, -0.15) is 5.26 Å². The van der Waals surface area contributed by atoms with Crippen LogP contribution in [-0.4, -0.2) is 33.7 Å². The van der Waals surface area contributed by atoms with Gasteiger partial charge in [0.1, 0.15) is 23.6 Å². The molecule has 9 nitrogen and oxygen atoms in total. The number of ether oxygens (including phenoxy) is 1. The number of aromatic amines is 1. The van der Waals surface area contributed by atoms with Gasteiger partial charge in [-0.25, -0.2) is 0 Å². The Labute approximate surface area is 160 Å². The van der Waals surface area contributed by atoms with E-state index in [1.54, 1.807) is 24.3 Å². The number of carboxylic acids is 1. The first-order valence-electron chi connectivity index (χ1n) is 8.75. The topological polar surface area (TPSA) is 145 Å². The highest BCUT2D eigenvalue weighted by molar-refractivity contribution is 6.15. The summed E-state index contributed by atoms with van der Waals surface area (Å²) in [6, 6.07) is 8.83. The van der Waals surface area contributed by atoms with Gasteiger partial charge in [-0.05, 0) is 12.5 Å². The summed E-state index contributed by atoms with van der Waals surface area (Å²) >= 11 is 0. The van der Waals surface area contributed by atoms with Gasteiger partial charge in [0.15, 0.2) is 0 Å². The van der Waals surface area contributed by atoms with Crippen LogP contribution >= 0.6 is 0 Å². The summed E-state index contributed by atoms with van der Waals surface area (Å²) in [5.74, 6) is -1.81. The Morgan fingerprint density at radius 2 is 2.21 bits per heavy atom. The Bertz CT molecular complexity index is 1080. The first-order chi connectivity index (χ1) is 13.5. The number of hydrogen-bond donors (Lipinski definition) is 3. The summed E-state index contributed by atoms with van der Waals surface area (Å²) in [4.78, 5) is 26.3. The minimum absolute atomic E-state index is 0.0657. The predicted octanol–water partition coefficient (Wildman–Crippen LogP) is 1.17. The summed E-state index contributed by atoms with van der Waals surface area (Å²) in [7, 11) is 0. The number of carbonyl (C=O) groups is 2. The fourth-order valence-electron chi connectivity index (χ4n) is 4.08. The Morgan fingerprint density at radius 1 is 1.46 bits per heavy atom. The van der Waals surface area contributed by atoms with E-state index in [-0.39, 0.29) is 17.3 Å². The molecule has 1 aromatic carbocycles. The monoisotopic (exact) mass is 379 g/mol. The van der Waals surface area contributed by atoms with Crippen molar-refractivity contribution < 1.29 is 19.4 Å². The van der Waals surface area contributed by atoms with E-state index < -0.39 is 23.8 Å². The number of para-hydroxylation sites is 1. The molecular formula is C19H17N5O4. The van der Waals surface area contributed by atoms with Gasteiger partial charge >= 0.3 is 5.97 Å². The second-order valence-corrected chi connectivity index (χ2v) is 6.64. The molecule has 0 saturated heterocycles. The Kier molecular flexibility index (Phi) is 3.85. The highest BCUT2D eigenvalue weighted by Gasteiger charge is 2.61. The van der Waals surface area contributed by atoms with Gasteiger partial charge in [-0.3, -0.25) is 19.6 Å². The number of aromatic nitrogens is 2. The maximum absolute atomic E-state index is 13.7. The van der Waals surface area contributed by atoms with Crippen LogP contribution in [-0.2, 0) is 21.4 Å². The molecule has 1 spiro atoms. The maximum Gasteiger partial charge on any atom is 0.323 e. The number of nitrogens with zero attached hydrogens (tertiary/aromatic N) is 3. The molecule has 2 aliphatic rings. The van der Waals surface area contributed by atoms with E-state index in [0.29, 0.717) is 28.9 Å². The van der Waals surface area contributed by atoms with Crippen molar-refractivity contribution in [1.29, 1.82) is 5.26 Å². The number of amides is 1. The molecule has 2 aliphatic heterocycles. The van der Waals surface area contributed by atoms with E-state index in [4.69, 9.17) is 10.5 Å². The van der Waals surface area contributed by atoms with Crippen LogP contribution < -0.4 is 15.4 Å². The molecule has 1 amide bonds. The van der Waals surface area contributed by atoms with Gasteiger partial charge in [-0.15, -0.1) is 5.10 Å². The van der Waals surface area contributed by atoms with Crippen LogP contribution in [0.4, 0.5) is 5.69 Å². The number of rotatable bonds is 4. The largest absolute Gasteiger partial charge is 0.480 e. The molecule has 9 heteroatoms. The fraction of sp³-hybridized carbons (Fsp3) is 0.263. The average molecular weight is 379 g/mol. The summed E-state index contributed by atoms with van der Waals surface area (Å²) in [5.41, 5.74) is 6.33. The first kappa shape index (κ1) is 17.6. The number of aliphatic carboxylic acids is 1. The van der Waals surface area contributed by atoms with Crippen molar-refractivity contribution in [3.05, 3.63) is 52.5 Å². The Morgan fingerprint density at radius 3 is 2.89 bits per heavy atom. The summed E-state index contributed by atoms with van der Waals surface area (Å²) < 4.78 is 5.53. The van der Waals surface area contributed by atoms with Crippen LogP contribution in [0.5, 0.6) is 5.88 Å². The quantitative estimate of drug-likeness (QED) is 0.723. The zero-order chi connectivity index (χ0) is 20.1. The third-order valence-electron chi connectivity index (χ3n) is 5.08. The summed E-state index contributed by atoms with van der Waals surface area (Å²) in [6.45, 7) is 1.44. The number of anilines is 1. The van der Waals surface area contributed by atoms with Crippen molar-refractivity contribution in [1.82, 2.24) is 10.2 Å². The van der Waals surface area contributed by atoms with Crippen molar-refractivity contribution in [2.24, 2.45) is 5.73 Å². The van der Waals surface area contributed by atoms with Crippen molar-refractivity contribution in [3.8, 4) is 11.9 Å². The number of aryl methyl sites for hydroxylation is 1. The third kappa shape index (κ3) is 2.08. The van der Waals surface area contributed by atoms with Gasteiger partial charge in [0, 0.05) is 16.9 Å². The number of nitriles is 1. The normalized spacial score (nSPS) is 20.0. The second-order valence-electron chi connectivity index (χ2n) is 6.64. The number of nitrogens with one attached hydrogen (secondary N) is 1. The molecule has 1 unspecified atom stereocenters. The lowest BCUT2D eigenvalue weighted by atomic mass is 9.68. The summed E-state index contributed by atoms with van der Waals surface area (Å²) in [6.07, 6.45) is 1.33. The standard InChI is InChI=1S/C19H17N5O4/c1-2-5-12-15-17(23-22-12)28-16(21)11(8-20)19(15)10-6-3-4-7-13(10)24(18(19)27)9-14(25)26/h3-4,6-7H,2,5,9,21H2,1H3,(H,22,23)(H,25,26). The second kappa shape index (κ2) is 6.13. The molecule has 3 heterocycles. The molecule has 0 aliphatic carbocycles. The number of nitrogens with two attached hydrogens (primary N) is 1. The molecule has 1 aromatic heterocycles. The molecule has 1 atom stereocenters. The van der Waals surface area contributed by atoms with Crippen molar-refractivity contribution in [2.45, 2.75) is 25.2 Å². The van der Waals surface area contributed by atoms with E-state index in [2.05, 4.69) is 10.2 Å².